The fourth-order valence-corrected chi connectivity index (χ4v) is 8.11. The Morgan fingerprint density at radius 3 is 1.42 bits per heavy atom. The fourth-order valence-electron chi connectivity index (χ4n) is 8.11. The highest BCUT2D eigenvalue weighted by Gasteiger charge is 2.18. The number of hydrogen-bond donors (Lipinski definition) is 0. The molecule has 0 spiro atoms. The monoisotopic (exact) mass is 753 g/mol. The van der Waals surface area contributed by atoms with Crippen molar-refractivity contribution in [3.63, 3.8) is 0 Å². The van der Waals surface area contributed by atoms with Gasteiger partial charge in [-0.3, -0.25) is 0 Å². The summed E-state index contributed by atoms with van der Waals surface area (Å²) < 4.78 is 6.65. The number of furan rings is 1. The number of aromatic nitrogens is 3. The highest BCUT2D eigenvalue weighted by molar-refractivity contribution is 6.13. The SMILES string of the molecule is c1ccc(-c2cc(-c3ccccc3)cc(-c3cccc4oc5cc(-c6nc(-c7ccccc7)nc(-c7ccc(-c8ccc9ccccc9c8)cc7)n6)ccc5c34)c2)cc1. The normalized spacial score (nSPS) is 11.4. The minimum Gasteiger partial charge on any atom is -0.456 e. The summed E-state index contributed by atoms with van der Waals surface area (Å²) in [4.78, 5) is 15.1. The van der Waals surface area contributed by atoms with Gasteiger partial charge in [-0.25, -0.2) is 15.0 Å². The predicted molar refractivity (Wildman–Crippen MR) is 243 cm³/mol. The van der Waals surface area contributed by atoms with Gasteiger partial charge in [0.05, 0.1) is 0 Å². The van der Waals surface area contributed by atoms with Crippen LogP contribution in [0, 0.1) is 0 Å². The molecule has 11 aromatic rings. The Labute approximate surface area is 341 Å². The second kappa shape index (κ2) is 14.5. The molecule has 59 heavy (non-hydrogen) atoms. The first kappa shape index (κ1) is 34.3. The Morgan fingerprint density at radius 2 is 0.763 bits per heavy atom. The number of hydrogen-bond acceptors (Lipinski definition) is 4. The molecule has 0 aliphatic heterocycles. The van der Waals surface area contributed by atoms with E-state index in [0.29, 0.717) is 17.5 Å². The van der Waals surface area contributed by atoms with Crippen molar-refractivity contribution in [2.45, 2.75) is 0 Å². The van der Waals surface area contributed by atoms with Crippen molar-refractivity contribution in [1.29, 1.82) is 0 Å². The van der Waals surface area contributed by atoms with Gasteiger partial charge in [0.2, 0.25) is 0 Å². The number of fused-ring (bicyclic) bond motifs is 4. The summed E-state index contributed by atoms with van der Waals surface area (Å²) >= 11 is 0. The van der Waals surface area contributed by atoms with Crippen molar-refractivity contribution in [1.82, 2.24) is 15.0 Å². The maximum Gasteiger partial charge on any atom is 0.164 e. The minimum absolute atomic E-state index is 0.582. The number of nitrogens with zero attached hydrogens (tertiary/aromatic N) is 3. The van der Waals surface area contributed by atoms with E-state index in [0.717, 1.165) is 66.4 Å². The Hall–Kier alpha value is -7.95. The molecule has 0 unspecified atom stereocenters. The van der Waals surface area contributed by atoms with Crippen molar-refractivity contribution in [2.75, 3.05) is 0 Å². The second-order valence-corrected chi connectivity index (χ2v) is 14.8. The van der Waals surface area contributed by atoms with Crippen LogP contribution in [0.2, 0.25) is 0 Å². The van der Waals surface area contributed by atoms with Crippen LogP contribution in [0.1, 0.15) is 0 Å². The first-order chi connectivity index (χ1) is 29.2. The molecule has 0 aliphatic rings. The topological polar surface area (TPSA) is 51.8 Å². The van der Waals surface area contributed by atoms with Gasteiger partial charge < -0.3 is 4.42 Å². The molecule has 11 rings (SSSR count). The molecule has 0 atom stereocenters. The first-order valence-electron chi connectivity index (χ1n) is 19.8. The molecule has 0 N–H and O–H groups in total. The average Bonchev–Trinajstić information content (AvgIpc) is 3.70. The van der Waals surface area contributed by atoms with Crippen molar-refractivity contribution in [3.05, 3.63) is 212 Å². The zero-order valence-electron chi connectivity index (χ0n) is 32.0. The van der Waals surface area contributed by atoms with Crippen LogP contribution in [0.4, 0.5) is 0 Å². The molecule has 0 radical (unpaired) electrons. The highest BCUT2D eigenvalue weighted by atomic mass is 16.3. The van der Waals surface area contributed by atoms with Crippen LogP contribution in [0.3, 0.4) is 0 Å². The minimum atomic E-state index is 0.582. The maximum absolute atomic E-state index is 6.65. The van der Waals surface area contributed by atoms with E-state index in [-0.39, 0.29) is 0 Å². The van der Waals surface area contributed by atoms with E-state index in [2.05, 4.69) is 176 Å². The highest BCUT2D eigenvalue weighted by Crippen LogP contribution is 2.41. The van der Waals surface area contributed by atoms with Crippen LogP contribution in [0.25, 0.3) is 111 Å². The Balaban J connectivity index is 1.01. The molecular weight excluding hydrogens is 719 g/mol. The molecule has 0 amide bonds. The zero-order valence-corrected chi connectivity index (χ0v) is 32.0. The summed E-state index contributed by atoms with van der Waals surface area (Å²) in [6.45, 7) is 0. The van der Waals surface area contributed by atoms with E-state index in [1.165, 1.54) is 27.5 Å². The van der Waals surface area contributed by atoms with Gasteiger partial charge in [-0.05, 0) is 97.7 Å². The second-order valence-electron chi connectivity index (χ2n) is 14.8. The molecule has 4 heteroatoms. The molecule has 0 aliphatic carbocycles. The third-order valence-electron chi connectivity index (χ3n) is 11.1. The van der Waals surface area contributed by atoms with E-state index in [4.69, 9.17) is 19.4 Å². The Morgan fingerprint density at radius 1 is 0.271 bits per heavy atom. The van der Waals surface area contributed by atoms with Crippen LogP contribution < -0.4 is 0 Å². The van der Waals surface area contributed by atoms with E-state index in [1.54, 1.807) is 0 Å². The lowest BCUT2D eigenvalue weighted by Gasteiger charge is -2.12. The van der Waals surface area contributed by atoms with Gasteiger partial charge in [0.25, 0.3) is 0 Å². The van der Waals surface area contributed by atoms with Gasteiger partial charge >= 0.3 is 0 Å². The van der Waals surface area contributed by atoms with E-state index in [9.17, 15) is 0 Å². The van der Waals surface area contributed by atoms with Gasteiger partial charge in [0, 0.05) is 27.5 Å². The molecule has 4 nitrogen and oxygen atoms in total. The summed E-state index contributed by atoms with van der Waals surface area (Å²) in [6, 6.07) is 74.2. The van der Waals surface area contributed by atoms with Crippen molar-refractivity contribution in [3.8, 4) is 78.7 Å². The molecule has 0 saturated carbocycles. The Bertz CT molecular complexity index is 3240. The van der Waals surface area contributed by atoms with Crippen LogP contribution in [-0.4, -0.2) is 15.0 Å². The van der Waals surface area contributed by atoms with Crippen LogP contribution in [0.15, 0.2) is 217 Å². The van der Waals surface area contributed by atoms with Crippen molar-refractivity contribution in [2.24, 2.45) is 0 Å². The van der Waals surface area contributed by atoms with Gasteiger partial charge in [-0.15, -0.1) is 0 Å². The van der Waals surface area contributed by atoms with Gasteiger partial charge in [0.15, 0.2) is 17.5 Å². The largest absolute Gasteiger partial charge is 0.456 e. The number of benzene rings is 9. The third kappa shape index (κ3) is 6.53. The standard InChI is InChI=1S/C55H35N3O/c1-4-13-36(14-5-1)45-32-46(37-15-6-2-7-16-37)34-47(33-45)48-21-12-22-50-52(48)49-30-29-44(35-51(49)59-50)55-57-53(40-18-8-3-9-19-40)56-54(58-55)41-26-23-39(24-27-41)43-28-25-38-17-10-11-20-42(38)31-43/h1-35H. The first-order valence-corrected chi connectivity index (χ1v) is 19.8. The molecule has 0 saturated heterocycles. The van der Waals surface area contributed by atoms with Crippen molar-refractivity contribution >= 4 is 32.7 Å². The lowest BCUT2D eigenvalue weighted by Crippen LogP contribution is -2.00. The zero-order chi connectivity index (χ0) is 39.1. The summed E-state index contributed by atoms with van der Waals surface area (Å²) in [5.41, 5.74) is 13.5. The summed E-state index contributed by atoms with van der Waals surface area (Å²) in [5.74, 6) is 1.81. The van der Waals surface area contributed by atoms with E-state index >= 15 is 0 Å². The van der Waals surface area contributed by atoms with Gasteiger partial charge in [-0.2, -0.15) is 0 Å². The molecular formula is C55H35N3O. The maximum atomic E-state index is 6.65. The summed E-state index contributed by atoms with van der Waals surface area (Å²) in [7, 11) is 0. The Kier molecular flexibility index (Phi) is 8.45. The van der Waals surface area contributed by atoms with Crippen molar-refractivity contribution < 1.29 is 4.42 Å². The molecule has 9 aromatic carbocycles. The molecule has 2 aromatic heterocycles. The summed E-state index contributed by atoms with van der Waals surface area (Å²) in [6.07, 6.45) is 0. The molecule has 0 bridgehead atoms. The predicted octanol–water partition coefficient (Wildman–Crippen LogP) is 14.6. The summed E-state index contributed by atoms with van der Waals surface area (Å²) in [5, 5.41) is 4.56. The molecule has 0 fully saturated rings. The van der Waals surface area contributed by atoms with Crippen LogP contribution in [-0.2, 0) is 0 Å². The quantitative estimate of drug-likeness (QED) is 0.163. The number of rotatable bonds is 7. The lowest BCUT2D eigenvalue weighted by molar-refractivity contribution is 0.669. The van der Waals surface area contributed by atoms with Crippen LogP contribution in [0.5, 0.6) is 0 Å². The van der Waals surface area contributed by atoms with Gasteiger partial charge in [-0.1, -0.05) is 170 Å². The van der Waals surface area contributed by atoms with E-state index < -0.39 is 0 Å². The van der Waals surface area contributed by atoms with Gasteiger partial charge in [0.1, 0.15) is 11.2 Å². The van der Waals surface area contributed by atoms with E-state index in [1.807, 2.05) is 36.4 Å². The molecule has 2 heterocycles. The lowest BCUT2D eigenvalue weighted by atomic mass is 9.91. The third-order valence-corrected chi connectivity index (χ3v) is 11.1. The molecule has 276 valence electrons. The van der Waals surface area contributed by atoms with Crippen LogP contribution >= 0.6 is 0 Å². The smallest absolute Gasteiger partial charge is 0.164 e. The fraction of sp³-hybridized carbons (Fsp3) is 0. The average molecular weight is 754 g/mol.